The van der Waals surface area contributed by atoms with Crippen LogP contribution in [0.5, 0.6) is 0 Å². The molecular formula is C19H21N3S. The number of hydrogen-bond acceptors (Lipinski definition) is 4. The molecule has 118 valence electrons. The molecule has 0 amide bonds. The van der Waals surface area contributed by atoms with Crippen LogP contribution in [-0.4, -0.2) is 10.7 Å². The highest BCUT2D eigenvalue weighted by Crippen LogP contribution is 2.40. The summed E-state index contributed by atoms with van der Waals surface area (Å²) in [5.74, 6) is 0.832. The average molecular weight is 323 g/mol. The molecule has 0 unspecified atom stereocenters. The van der Waals surface area contributed by atoms with Crippen molar-refractivity contribution < 1.29 is 0 Å². The predicted molar refractivity (Wildman–Crippen MR) is 97.9 cm³/mol. The first-order valence-electron chi connectivity index (χ1n) is 8.35. The van der Waals surface area contributed by atoms with Crippen molar-refractivity contribution in [2.45, 2.75) is 39.0 Å². The third-order valence-corrected chi connectivity index (χ3v) is 5.74. The molecule has 2 aliphatic carbocycles. The Bertz CT molecular complexity index is 758. The third-order valence-electron chi connectivity index (χ3n) is 5.00. The number of hydrazone groups is 1. The van der Waals surface area contributed by atoms with Crippen molar-refractivity contribution in [2.75, 3.05) is 5.43 Å². The number of rotatable bonds is 3. The first-order chi connectivity index (χ1) is 11.3. The molecule has 1 heterocycles. The highest BCUT2D eigenvalue weighted by Gasteiger charge is 2.28. The molecule has 23 heavy (non-hydrogen) atoms. The minimum atomic E-state index is 0.832. The maximum atomic E-state index is 4.66. The minimum absolute atomic E-state index is 0.832. The maximum absolute atomic E-state index is 4.66. The number of fused-ring (bicyclic) bond motifs is 1. The molecule has 1 fully saturated rings. The zero-order valence-corrected chi connectivity index (χ0v) is 14.2. The maximum Gasteiger partial charge on any atom is 0.203 e. The summed E-state index contributed by atoms with van der Waals surface area (Å²) in [6.07, 6.45) is 6.35. The summed E-state index contributed by atoms with van der Waals surface area (Å²) in [6.45, 7) is 2.24. The van der Waals surface area contributed by atoms with Crippen LogP contribution >= 0.6 is 11.3 Å². The summed E-state index contributed by atoms with van der Waals surface area (Å²) >= 11 is 1.61. The summed E-state index contributed by atoms with van der Waals surface area (Å²) < 4.78 is 0. The van der Waals surface area contributed by atoms with Crippen molar-refractivity contribution in [3.63, 3.8) is 0 Å². The third kappa shape index (κ3) is 2.95. The standard InChI is InChI=1S/C19H21N3S/c1-13-16-9-5-8-14(16)10-11-17(13)21-22-19-20-18(12-23-19)15-6-3-2-4-7-15/h2-4,6-7,12,14H,5,8-11H2,1H3,(H,20,22)/b21-17-/t14-/m0/s1. The number of aromatic nitrogens is 1. The van der Waals surface area contributed by atoms with Crippen molar-refractivity contribution in [1.29, 1.82) is 0 Å². The van der Waals surface area contributed by atoms with Gasteiger partial charge in [-0.3, -0.25) is 5.43 Å². The summed E-state index contributed by atoms with van der Waals surface area (Å²) in [4.78, 5) is 4.64. The summed E-state index contributed by atoms with van der Waals surface area (Å²) in [5, 5.41) is 7.60. The number of nitrogens with zero attached hydrogens (tertiary/aromatic N) is 2. The molecule has 2 aliphatic rings. The first-order valence-corrected chi connectivity index (χ1v) is 9.23. The second kappa shape index (κ2) is 6.28. The van der Waals surface area contributed by atoms with E-state index in [9.17, 15) is 0 Å². The second-order valence-electron chi connectivity index (χ2n) is 6.35. The molecule has 1 aromatic heterocycles. The Labute approximate surface area is 141 Å². The van der Waals surface area contributed by atoms with Gasteiger partial charge in [0.1, 0.15) is 0 Å². The molecule has 1 aromatic carbocycles. The van der Waals surface area contributed by atoms with Gasteiger partial charge in [-0.25, -0.2) is 4.98 Å². The van der Waals surface area contributed by atoms with Gasteiger partial charge in [-0.15, -0.1) is 11.3 Å². The molecule has 1 saturated carbocycles. The fourth-order valence-electron chi connectivity index (χ4n) is 3.73. The number of hydrogen-bond donors (Lipinski definition) is 1. The molecule has 0 radical (unpaired) electrons. The number of nitrogens with one attached hydrogen (secondary N) is 1. The zero-order valence-electron chi connectivity index (χ0n) is 13.4. The number of thiazole rings is 1. The van der Waals surface area contributed by atoms with Gasteiger partial charge in [-0.05, 0) is 50.5 Å². The Balaban J connectivity index is 1.51. The van der Waals surface area contributed by atoms with Gasteiger partial charge in [-0.2, -0.15) is 5.10 Å². The van der Waals surface area contributed by atoms with Crippen molar-refractivity contribution in [3.8, 4) is 11.3 Å². The SMILES string of the molecule is CC1=C2CCC[C@H]2CC/C1=N/Nc1nc(-c2ccccc2)cs1. The van der Waals surface area contributed by atoms with E-state index in [2.05, 4.69) is 39.9 Å². The Hall–Kier alpha value is -1.94. The van der Waals surface area contributed by atoms with Gasteiger partial charge in [0.05, 0.1) is 11.4 Å². The molecule has 2 aromatic rings. The largest absolute Gasteiger partial charge is 0.252 e. The number of allylic oxidation sites excluding steroid dienone is 2. The highest BCUT2D eigenvalue weighted by atomic mass is 32.1. The van der Waals surface area contributed by atoms with Crippen LogP contribution in [0.4, 0.5) is 5.13 Å². The van der Waals surface area contributed by atoms with Crippen molar-refractivity contribution in [3.05, 3.63) is 46.9 Å². The van der Waals surface area contributed by atoms with Crippen LogP contribution in [0.1, 0.15) is 39.0 Å². The molecule has 0 bridgehead atoms. The van der Waals surface area contributed by atoms with Gasteiger partial charge in [0, 0.05) is 10.9 Å². The molecule has 4 heteroatoms. The fraction of sp³-hybridized carbons (Fsp3) is 0.368. The smallest absolute Gasteiger partial charge is 0.203 e. The van der Waals surface area contributed by atoms with Crippen molar-refractivity contribution in [1.82, 2.24) is 4.98 Å². The normalized spacial score (nSPS) is 22.5. The van der Waals surface area contributed by atoms with E-state index < -0.39 is 0 Å². The monoisotopic (exact) mass is 323 g/mol. The molecule has 1 atom stereocenters. The lowest BCUT2D eigenvalue weighted by Gasteiger charge is -2.22. The predicted octanol–water partition coefficient (Wildman–Crippen LogP) is 5.49. The summed E-state index contributed by atoms with van der Waals surface area (Å²) in [6, 6.07) is 10.3. The molecule has 0 aliphatic heterocycles. The lowest BCUT2D eigenvalue weighted by Crippen LogP contribution is -2.16. The van der Waals surface area contributed by atoms with E-state index in [0.717, 1.165) is 28.7 Å². The van der Waals surface area contributed by atoms with E-state index in [1.807, 2.05) is 18.2 Å². The molecule has 1 N–H and O–H groups in total. The number of benzene rings is 1. The van der Waals surface area contributed by atoms with E-state index in [0.29, 0.717) is 0 Å². The topological polar surface area (TPSA) is 37.3 Å². The Morgan fingerprint density at radius 2 is 2.04 bits per heavy atom. The van der Waals surface area contributed by atoms with Crippen LogP contribution in [0.2, 0.25) is 0 Å². The van der Waals surface area contributed by atoms with Crippen LogP contribution in [0.25, 0.3) is 11.3 Å². The summed E-state index contributed by atoms with van der Waals surface area (Å²) in [7, 11) is 0. The quantitative estimate of drug-likeness (QED) is 0.758. The van der Waals surface area contributed by atoms with Gasteiger partial charge in [0.15, 0.2) is 0 Å². The lowest BCUT2D eigenvalue weighted by atomic mass is 9.84. The lowest BCUT2D eigenvalue weighted by molar-refractivity contribution is 0.574. The van der Waals surface area contributed by atoms with E-state index in [-0.39, 0.29) is 0 Å². The van der Waals surface area contributed by atoms with Crippen LogP contribution in [0, 0.1) is 5.92 Å². The average Bonchev–Trinajstić information content (AvgIpc) is 3.25. The molecule has 3 nitrogen and oxygen atoms in total. The van der Waals surface area contributed by atoms with Crippen LogP contribution in [0.3, 0.4) is 0 Å². The van der Waals surface area contributed by atoms with Gasteiger partial charge in [0.25, 0.3) is 0 Å². The molecular weight excluding hydrogens is 302 g/mol. The van der Waals surface area contributed by atoms with Gasteiger partial charge >= 0.3 is 0 Å². The Kier molecular flexibility index (Phi) is 4.00. The van der Waals surface area contributed by atoms with E-state index in [1.165, 1.54) is 37.0 Å². The summed E-state index contributed by atoms with van der Waals surface area (Å²) in [5.41, 5.74) is 9.62. The van der Waals surface area contributed by atoms with Crippen molar-refractivity contribution in [2.24, 2.45) is 11.0 Å². The number of anilines is 1. The van der Waals surface area contributed by atoms with Crippen LogP contribution in [-0.2, 0) is 0 Å². The van der Waals surface area contributed by atoms with E-state index in [1.54, 1.807) is 16.9 Å². The van der Waals surface area contributed by atoms with Crippen LogP contribution < -0.4 is 5.43 Å². The molecule has 0 spiro atoms. The zero-order chi connectivity index (χ0) is 15.6. The van der Waals surface area contributed by atoms with E-state index in [4.69, 9.17) is 0 Å². The van der Waals surface area contributed by atoms with Crippen molar-refractivity contribution >= 4 is 22.2 Å². The first kappa shape index (κ1) is 14.6. The highest BCUT2D eigenvalue weighted by molar-refractivity contribution is 7.14. The second-order valence-corrected chi connectivity index (χ2v) is 7.21. The van der Waals surface area contributed by atoms with E-state index >= 15 is 0 Å². The Morgan fingerprint density at radius 1 is 1.17 bits per heavy atom. The van der Waals surface area contributed by atoms with Gasteiger partial charge in [0.2, 0.25) is 5.13 Å². The van der Waals surface area contributed by atoms with Gasteiger partial charge in [-0.1, -0.05) is 35.9 Å². The van der Waals surface area contributed by atoms with Gasteiger partial charge < -0.3 is 0 Å². The fourth-order valence-corrected chi connectivity index (χ4v) is 4.40. The van der Waals surface area contributed by atoms with Crippen LogP contribution in [0.15, 0.2) is 52.0 Å². The Morgan fingerprint density at radius 3 is 2.91 bits per heavy atom. The molecule has 4 rings (SSSR count). The minimum Gasteiger partial charge on any atom is -0.252 e. The molecule has 0 saturated heterocycles.